The molecular formula is C19H32FIN4O2. The summed E-state index contributed by atoms with van der Waals surface area (Å²) in [6.45, 7) is 8.59. The molecular weight excluding hydrogens is 462 g/mol. The molecule has 0 bridgehead atoms. The number of hydrogen-bond donors (Lipinski definition) is 1. The van der Waals surface area contributed by atoms with E-state index >= 15 is 0 Å². The second kappa shape index (κ2) is 13.7. The minimum Gasteiger partial charge on any atom is -0.375 e. The van der Waals surface area contributed by atoms with Crippen molar-refractivity contribution in [1.29, 1.82) is 0 Å². The molecule has 1 N–H and O–H groups in total. The van der Waals surface area contributed by atoms with Crippen LogP contribution in [0.3, 0.4) is 0 Å². The number of carbonyl (C=O) groups is 1. The molecule has 0 heterocycles. The molecule has 0 saturated heterocycles. The largest absolute Gasteiger partial charge is 0.375 e. The molecule has 0 aromatic heterocycles. The Morgan fingerprint density at radius 3 is 2.30 bits per heavy atom. The number of halogens is 2. The number of carbonyl (C=O) groups excluding carboxylic acids is 1. The number of amides is 1. The minimum atomic E-state index is -0.282. The van der Waals surface area contributed by atoms with Crippen LogP contribution in [-0.4, -0.2) is 68.5 Å². The minimum absolute atomic E-state index is 0. The van der Waals surface area contributed by atoms with Gasteiger partial charge in [0, 0.05) is 33.8 Å². The fraction of sp³-hybridized carbons (Fsp3) is 0.579. The van der Waals surface area contributed by atoms with E-state index in [2.05, 4.69) is 10.3 Å². The highest BCUT2D eigenvalue weighted by atomic mass is 127. The van der Waals surface area contributed by atoms with Crippen molar-refractivity contribution in [2.45, 2.75) is 26.9 Å². The van der Waals surface area contributed by atoms with Crippen LogP contribution in [0.5, 0.6) is 0 Å². The Bertz CT molecular complexity index is 580. The molecule has 154 valence electrons. The van der Waals surface area contributed by atoms with Gasteiger partial charge in [-0.25, -0.2) is 4.39 Å². The van der Waals surface area contributed by atoms with Gasteiger partial charge < -0.3 is 19.9 Å². The van der Waals surface area contributed by atoms with E-state index < -0.39 is 0 Å². The average molecular weight is 494 g/mol. The van der Waals surface area contributed by atoms with E-state index in [1.807, 2.05) is 32.7 Å². The van der Waals surface area contributed by atoms with Crippen molar-refractivity contribution in [2.24, 2.45) is 4.99 Å². The van der Waals surface area contributed by atoms with Crippen molar-refractivity contribution in [1.82, 2.24) is 15.1 Å². The first-order chi connectivity index (χ1) is 12.5. The van der Waals surface area contributed by atoms with Crippen molar-refractivity contribution in [3.8, 4) is 0 Å². The Morgan fingerprint density at radius 1 is 1.22 bits per heavy atom. The van der Waals surface area contributed by atoms with E-state index in [0.717, 1.165) is 5.56 Å². The molecule has 0 fully saturated rings. The second-order valence-electron chi connectivity index (χ2n) is 5.89. The first-order valence-electron chi connectivity index (χ1n) is 9.02. The number of nitrogens with one attached hydrogen (secondary N) is 1. The molecule has 6 nitrogen and oxygen atoms in total. The van der Waals surface area contributed by atoms with E-state index in [0.29, 0.717) is 32.1 Å². The molecule has 1 rings (SSSR count). The molecule has 8 heteroatoms. The van der Waals surface area contributed by atoms with E-state index in [9.17, 15) is 9.18 Å². The van der Waals surface area contributed by atoms with Crippen LogP contribution in [0.15, 0.2) is 29.3 Å². The molecule has 1 aromatic rings. The lowest BCUT2D eigenvalue weighted by molar-refractivity contribution is -0.131. The maximum Gasteiger partial charge on any atom is 0.242 e. The first-order valence-corrected chi connectivity index (χ1v) is 9.02. The van der Waals surface area contributed by atoms with Gasteiger partial charge in [0.05, 0.1) is 13.1 Å². The molecule has 0 saturated carbocycles. The van der Waals surface area contributed by atoms with Gasteiger partial charge in [-0.3, -0.25) is 9.79 Å². The van der Waals surface area contributed by atoms with Crippen LogP contribution >= 0.6 is 24.0 Å². The Morgan fingerprint density at radius 2 is 1.81 bits per heavy atom. The number of rotatable bonds is 9. The van der Waals surface area contributed by atoms with Crippen molar-refractivity contribution >= 4 is 35.8 Å². The third-order valence-corrected chi connectivity index (χ3v) is 4.12. The molecule has 0 aliphatic heterocycles. The molecule has 1 amide bonds. The van der Waals surface area contributed by atoms with Gasteiger partial charge in [-0.2, -0.15) is 0 Å². The number of methoxy groups -OCH3 is 1. The summed E-state index contributed by atoms with van der Waals surface area (Å²) >= 11 is 0. The highest BCUT2D eigenvalue weighted by molar-refractivity contribution is 14.0. The zero-order valence-electron chi connectivity index (χ0n) is 16.9. The number of likely N-dealkylation sites (N-methyl/N-ethyl adjacent to an activating group) is 2. The maximum absolute atomic E-state index is 13.1. The first kappa shape index (κ1) is 25.6. The van der Waals surface area contributed by atoms with Crippen LogP contribution < -0.4 is 5.32 Å². The number of benzene rings is 1. The lowest BCUT2D eigenvalue weighted by Gasteiger charge is -2.26. The third kappa shape index (κ3) is 8.42. The van der Waals surface area contributed by atoms with Crippen LogP contribution in [0.4, 0.5) is 4.39 Å². The van der Waals surface area contributed by atoms with E-state index in [-0.39, 0.29) is 48.3 Å². The molecule has 1 aromatic carbocycles. The maximum atomic E-state index is 13.1. The van der Waals surface area contributed by atoms with E-state index in [1.54, 1.807) is 24.1 Å². The fourth-order valence-corrected chi connectivity index (χ4v) is 2.59. The smallest absolute Gasteiger partial charge is 0.242 e. The van der Waals surface area contributed by atoms with E-state index in [4.69, 9.17) is 4.74 Å². The SMILES string of the molecule is CCNC(=NCC(OC)c1ccc(F)cc1)N(C)CC(=O)N(CC)CC.I. The van der Waals surface area contributed by atoms with Gasteiger partial charge in [0.2, 0.25) is 5.91 Å². The van der Waals surface area contributed by atoms with Gasteiger partial charge in [-0.1, -0.05) is 12.1 Å². The summed E-state index contributed by atoms with van der Waals surface area (Å²) in [5.74, 6) is 0.414. The molecule has 27 heavy (non-hydrogen) atoms. The zero-order chi connectivity index (χ0) is 19.5. The Labute approximate surface area is 179 Å². The summed E-state index contributed by atoms with van der Waals surface area (Å²) in [7, 11) is 3.44. The van der Waals surface area contributed by atoms with Gasteiger partial charge >= 0.3 is 0 Å². The second-order valence-corrected chi connectivity index (χ2v) is 5.89. The number of aliphatic imine (C=N–C) groups is 1. The average Bonchev–Trinajstić information content (AvgIpc) is 2.63. The molecule has 1 atom stereocenters. The van der Waals surface area contributed by atoms with Crippen LogP contribution in [0.2, 0.25) is 0 Å². The molecule has 0 radical (unpaired) electrons. The highest BCUT2D eigenvalue weighted by Crippen LogP contribution is 2.17. The van der Waals surface area contributed by atoms with Gasteiger partial charge in [0.15, 0.2) is 5.96 Å². The van der Waals surface area contributed by atoms with Crippen LogP contribution in [-0.2, 0) is 9.53 Å². The van der Waals surface area contributed by atoms with Gasteiger partial charge in [-0.15, -0.1) is 24.0 Å². The summed E-state index contributed by atoms with van der Waals surface area (Å²) in [6, 6.07) is 6.20. The number of nitrogens with zero attached hydrogens (tertiary/aromatic N) is 3. The monoisotopic (exact) mass is 494 g/mol. The normalized spacial score (nSPS) is 12.1. The van der Waals surface area contributed by atoms with Crippen molar-refractivity contribution in [3.63, 3.8) is 0 Å². The molecule has 0 aliphatic rings. The third-order valence-electron chi connectivity index (χ3n) is 4.12. The summed E-state index contributed by atoms with van der Waals surface area (Å²) < 4.78 is 18.6. The lowest BCUT2D eigenvalue weighted by atomic mass is 10.1. The zero-order valence-corrected chi connectivity index (χ0v) is 19.2. The number of ether oxygens (including phenoxy) is 1. The van der Waals surface area contributed by atoms with Gasteiger partial charge in [-0.05, 0) is 38.5 Å². The number of guanidine groups is 1. The van der Waals surface area contributed by atoms with Crippen LogP contribution in [0.25, 0.3) is 0 Å². The quantitative estimate of drug-likeness (QED) is 0.326. The Balaban J connectivity index is 0.00000676. The van der Waals surface area contributed by atoms with Gasteiger partial charge in [0.1, 0.15) is 11.9 Å². The summed E-state index contributed by atoms with van der Waals surface area (Å²) in [4.78, 5) is 20.5. The fourth-order valence-electron chi connectivity index (χ4n) is 2.59. The molecule has 1 unspecified atom stereocenters. The molecule has 0 aliphatic carbocycles. The predicted molar refractivity (Wildman–Crippen MR) is 118 cm³/mol. The number of hydrogen-bond acceptors (Lipinski definition) is 3. The van der Waals surface area contributed by atoms with Crippen molar-refractivity contribution < 1.29 is 13.9 Å². The highest BCUT2D eigenvalue weighted by Gasteiger charge is 2.16. The topological polar surface area (TPSA) is 57.2 Å². The predicted octanol–water partition coefficient (Wildman–Crippen LogP) is 2.90. The van der Waals surface area contributed by atoms with E-state index in [1.165, 1.54) is 12.1 Å². The van der Waals surface area contributed by atoms with Crippen molar-refractivity contribution in [2.75, 3.05) is 46.9 Å². The summed E-state index contributed by atoms with van der Waals surface area (Å²) in [6.07, 6.45) is -0.281. The Hall–Kier alpha value is -1.42. The summed E-state index contributed by atoms with van der Waals surface area (Å²) in [5.41, 5.74) is 0.857. The van der Waals surface area contributed by atoms with Crippen molar-refractivity contribution in [3.05, 3.63) is 35.6 Å². The Kier molecular flexibility index (Phi) is 13.0. The summed E-state index contributed by atoms with van der Waals surface area (Å²) in [5, 5.41) is 3.19. The standard InChI is InChI=1S/C19H31FN4O2.HI/c1-6-21-19(23(4)14-18(25)24(7-2)8-3)22-13-17(26-5)15-9-11-16(20)12-10-15;/h9-12,17H,6-8,13-14H2,1-5H3,(H,21,22);1H. The van der Waals surface area contributed by atoms with Crippen LogP contribution in [0, 0.1) is 5.82 Å². The molecule has 0 spiro atoms. The van der Waals surface area contributed by atoms with Gasteiger partial charge in [0.25, 0.3) is 0 Å². The lowest BCUT2D eigenvalue weighted by Crippen LogP contribution is -2.45. The van der Waals surface area contributed by atoms with Crippen LogP contribution in [0.1, 0.15) is 32.4 Å².